The lowest BCUT2D eigenvalue weighted by atomic mass is 10.2. The predicted octanol–water partition coefficient (Wildman–Crippen LogP) is 2.45. The zero-order valence-corrected chi connectivity index (χ0v) is 13.7. The topological polar surface area (TPSA) is 45.4 Å². The minimum Gasteiger partial charge on any atom is -0.445 e. The Balaban J connectivity index is 1.73. The van der Waals surface area contributed by atoms with Crippen LogP contribution in [0.5, 0.6) is 0 Å². The summed E-state index contributed by atoms with van der Waals surface area (Å²) < 4.78 is 5.66. The molecule has 0 spiro atoms. The molecule has 2 aromatic heterocycles. The smallest absolute Gasteiger partial charge is 0.208 e. The first-order valence-electron chi connectivity index (χ1n) is 7.35. The van der Waals surface area contributed by atoms with Gasteiger partial charge in [-0.1, -0.05) is 0 Å². The van der Waals surface area contributed by atoms with Gasteiger partial charge in [-0.3, -0.25) is 4.90 Å². The highest BCUT2D eigenvalue weighted by molar-refractivity contribution is 7.11. The van der Waals surface area contributed by atoms with E-state index in [0.29, 0.717) is 6.04 Å². The Morgan fingerprint density at radius 1 is 1.33 bits per heavy atom. The van der Waals surface area contributed by atoms with Gasteiger partial charge >= 0.3 is 0 Å². The molecule has 2 aromatic rings. The highest BCUT2D eigenvalue weighted by Crippen LogP contribution is 2.22. The third-order valence-corrected chi connectivity index (χ3v) is 4.82. The van der Waals surface area contributed by atoms with Crippen LogP contribution in [0.3, 0.4) is 0 Å². The molecule has 21 heavy (non-hydrogen) atoms. The van der Waals surface area contributed by atoms with Crippen LogP contribution in [0.1, 0.15) is 28.0 Å². The molecule has 0 bridgehead atoms. The average Bonchev–Trinajstić information content (AvgIpc) is 3.12. The summed E-state index contributed by atoms with van der Waals surface area (Å²) in [5, 5.41) is 1.13. The molecule has 0 radical (unpaired) electrons. The van der Waals surface area contributed by atoms with Crippen LogP contribution in [0.15, 0.2) is 16.8 Å². The van der Waals surface area contributed by atoms with Crippen LogP contribution < -0.4 is 0 Å². The fraction of sp³-hybridized carbons (Fsp3) is 0.600. The first kappa shape index (κ1) is 14.7. The maximum absolute atomic E-state index is 5.66. The quantitative estimate of drug-likeness (QED) is 0.849. The van der Waals surface area contributed by atoms with Crippen LogP contribution in [0.25, 0.3) is 0 Å². The van der Waals surface area contributed by atoms with E-state index >= 15 is 0 Å². The van der Waals surface area contributed by atoms with Gasteiger partial charge in [0, 0.05) is 30.2 Å². The number of aryl methyl sites for hydroxylation is 2. The van der Waals surface area contributed by atoms with Crippen LogP contribution in [0, 0.1) is 13.8 Å². The van der Waals surface area contributed by atoms with Crippen LogP contribution in [-0.2, 0) is 13.1 Å². The Morgan fingerprint density at radius 3 is 2.76 bits per heavy atom. The van der Waals surface area contributed by atoms with Gasteiger partial charge in [0.2, 0.25) is 5.89 Å². The summed E-state index contributed by atoms with van der Waals surface area (Å²) in [5.41, 5.74) is 0. The summed E-state index contributed by atoms with van der Waals surface area (Å²) in [4.78, 5) is 14.9. The molecule has 1 aliphatic heterocycles. The number of oxazole rings is 1. The van der Waals surface area contributed by atoms with Crippen molar-refractivity contribution < 1.29 is 4.42 Å². The maximum Gasteiger partial charge on any atom is 0.208 e. The summed E-state index contributed by atoms with van der Waals surface area (Å²) in [5.74, 6) is 1.69. The molecule has 114 valence electrons. The third-order valence-electron chi connectivity index (χ3n) is 3.92. The monoisotopic (exact) mass is 306 g/mol. The second kappa shape index (κ2) is 6.25. The van der Waals surface area contributed by atoms with E-state index < -0.39 is 0 Å². The summed E-state index contributed by atoms with van der Waals surface area (Å²) in [7, 11) is 2.18. The number of likely N-dealkylation sites (N-methyl/N-ethyl adjacent to an activating group) is 1. The fourth-order valence-corrected chi connectivity index (χ4v) is 3.67. The predicted molar refractivity (Wildman–Crippen MR) is 83.2 cm³/mol. The van der Waals surface area contributed by atoms with E-state index in [1.54, 1.807) is 17.5 Å². The van der Waals surface area contributed by atoms with Crippen LogP contribution in [0.2, 0.25) is 0 Å². The largest absolute Gasteiger partial charge is 0.445 e. The number of hydrogen-bond donors (Lipinski definition) is 0. The van der Waals surface area contributed by atoms with Gasteiger partial charge in [0.25, 0.3) is 0 Å². The molecule has 1 saturated heterocycles. The summed E-state index contributed by atoms with van der Waals surface area (Å²) in [6.45, 7) is 7.95. The molecule has 0 unspecified atom stereocenters. The van der Waals surface area contributed by atoms with Gasteiger partial charge in [-0.15, -0.1) is 11.3 Å². The van der Waals surface area contributed by atoms with Gasteiger partial charge in [0.1, 0.15) is 5.76 Å². The van der Waals surface area contributed by atoms with Crippen molar-refractivity contribution in [1.29, 1.82) is 0 Å². The van der Waals surface area contributed by atoms with Crippen molar-refractivity contribution in [2.45, 2.75) is 39.4 Å². The van der Waals surface area contributed by atoms with Crippen molar-refractivity contribution in [3.63, 3.8) is 0 Å². The number of nitrogens with zero attached hydrogens (tertiary/aromatic N) is 4. The molecule has 5 nitrogen and oxygen atoms in total. The molecule has 0 saturated carbocycles. The van der Waals surface area contributed by atoms with E-state index in [1.165, 1.54) is 11.3 Å². The van der Waals surface area contributed by atoms with Crippen LogP contribution >= 0.6 is 11.3 Å². The van der Waals surface area contributed by atoms with Crippen molar-refractivity contribution in [2.75, 3.05) is 20.1 Å². The standard InChI is InChI=1S/C15H22N4OS/c1-11-6-17-15(20-11)10-19(13-4-5-18(3)8-13)9-14-7-16-12(2)21-14/h6-7,13H,4-5,8-10H2,1-3H3/t13-/m1/s1. The Morgan fingerprint density at radius 2 is 2.19 bits per heavy atom. The van der Waals surface area contributed by atoms with E-state index in [1.807, 2.05) is 13.1 Å². The van der Waals surface area contributed by atoms with Crippen molar-refractivity contribution in [3.05, 3.63) is 33.9 Å². The van der Waals surface area contributed by atoms with Gasteiger partial charge < -0.3 is 9.32 Å². The molecule has 0 aliphatic carbocycles. The number of aromatic nitrogens is 2. The number of hydrogen-bond acceptors (Lipinski definition) is 6. The number of likely N-dealkylation sites (tertiary alicyclic amines) is 1. The lowest BCUT2D eigenvalue weighted by molar-refractivity contribution is 0.164. The zero-order valence-electron chi connectivity index (χ0n) is 12.9. The SMILES string of the molecule is Cc1cnc(CN(Cc2cnc(C)s2)[C@@H]2CCN(C)C2)o1. The molecular formula is C15H22N4OS. The highest BCUT2D eigenvalue weighted by atomic mass is 32.1. The van der Waals surface area contributed by atoms with Gasteiger partial charge in [-0.2, -0.15) is 0 Å². The Labute approximate surface area is 129 Å². The van der Waals surface area contributed by atoms with E-state index in [-0.39, 0.29) is 0 Å². The normalized spacial score (nSPS) is 19.7. The third kappa shape index (κ3) is 3.70. The van der Waals surface area contributed by atoms with Gasteiger partial charge in [-0.05, 0) is 33.9 Å². The van der Waals surface area contributed by atoms with Crippen LogP contribution in [0.4, 0.5) is 0 Å². The molecule has 0 amide bonds. The second-order valence-electron chi connectivity index (χ2n) is 5.82. The van der Waals surface area contributed by atoms with Crippen LogP contribution in [-0.4, -0.2) is 45.9 Å². The molecule has 3 heterocycles. The lowest BCUT2D eigenvalue weighted by Gasteiger charge is -2.26. The number of thiazole rings is 1. The number of rotatable bonds is 5. The van der Waals surface area contributed by atoms with Gasteiger partial charge in [0.15, 0.2) is 0 Å². The molecule has 1 atom stereocenters. The molecule has 1 fully saturated rings. The first-order valence-corrected chi connectivity index (χ1v) is 8.17. The molecule has 0 N–H and O–H groups in total. The summed E-state index contributed by atoms with van der Waals surface area (Å²) in [6.07, 6.45) is 4.99. The van der Waals surface area contributed by atoms with Crippen molar-refractivity contribution >= 4 is 11.3 Å². The Hall–Kier alpha value is -1.24. The van der Waals surface area contributed by atoms with Gasteiger partial charge in [-0.25, -0.2) is 9.97 Å². The van der Waals surface area contributed by atoms with E-state index in [4.69, 9.17) is 4.42 Å². The Bertz CT molecular complexity index is 552. The highest BCUT2D eigenvalue weighted by Gasteiger charge is 2.27. The minimum absolute atomic E-state index is 0.560. The zero-order chi connectivity index (χ0) is 14.8. The van der Waals surface area contributed by atoms with Crippen molar-refractivity contribution in [2.24, 2.45) is 0 Å². The van der Waals surface area contributed by atoms with E-state index in [0.717, 1.165) is 42.8 Å². The maximum atomic E-state index is 5.66. The fourth-order valence-electron chi connectivity index (χ4n) is 2.85. The van der Waals surface area contributed by atoms with E-state index in [9.17, 15) is 0 Å². The first-order chi connectivity index (χ1) is 10.1. The lowest BCUT2D eigenvalue weighted by Crippen LogP contribution is -2.36. The van der Waals surface area contributed by atoms with Crippen molar-refractivity contribution in [1.82, 2.24) is 19.8 Å². The second-order valence-corrected chi connectivity index (χ2v) is 7.14. The summed E-state index contributed by atoms with van der Waals surface area (Å²) >= 11 is 1.77. The van der Waals surface area contributed by atoms with E-state index in [2.05, 4.69) is 33.7 Å². The molecule has 3 rings (SSSR count). The summed E-state index contributed by atoms with van der Waals surface area (Å²) in [6, 6.07) is 0.560. The minimum atomic E-state index is 0.560. The molecule has 1 aliphatic rings. The van der Waals surface area contributed by atoms with Gasteiger partial charge in [0.05, 0.1) is 17.7 Å². The Kier molecular flexibility index (Phi) is 4.37. The molecule has 6 heteroatoms. The average molecular weight is 306 g/mol. The molecule has 0 aromatic carbocycles. The van der Waals surface area contributed by atoms with Crippen molar-refractivity contribution in [3.8, 4) is 0 Å². The molecular weight excluding hydrogens is 284 g/mol.